The van der Waals surface area contributed by atoms with Crippen molar-refractivity contribution in [2.75, 3.05) is 26.0 Å². The fraction of sp³-hybridized carbons (Fsp3) is 0.182. The number of hydrogen-bond acceptors (Lipinski definition) is 4. The SMILES string of the molecule is CN(C)C[C@@H](NC(=O)c1cccc(NC(=O)c2cccs2)c1)c1ccccc1. The molecule has 28 heavy (non-hydrogen) atoms. The number of anilines is 1. The first-order chi connectivity index (χ1) is 13.5. The van der Waals surface area contributed by atoms with Gasteiger partial charge in [0.25, 0.3) is 11.8 Å². The first-order valence-electron chi connectivity index (χ1n) is 8.98. The number of carbonyl (C=O) groups is 2. The van der Waals surface area contributed by atoms with Gasteiger partial charge in [-0.25, -0.2) is 0 Å². The second-order valence-electron chi connectivity index (χ2n) is 6.71. The molecule has 0 saturated heterocycles. The van der Waals surface area contributed by atoms with Crippen LogP contribution in [0.2, 0.25) is 0 Å². The third-order valence-electron chi connectivity index (χ3n) is 4.18. The van der Waals surface area contributed by atoms with Gasteiger partial charge < -0.3 is 15.5 Å². The average Bonchev–Trinajstić information content (AvgIpc) is 3.23. The van der Waals surface area contributed by atoms with Crippen LogP contribution in [0.5, 0.6) is 0 Å². The van der Waals surface area contributed by atoms with Crippen molar-refractivity contribution < 1.29 is 9.59 Å². The van der Waals surface area contributed by atoms with Crippen molar-refractivity contribution in [3.05, 3.63) is 88.1 Å². The second-order valence-corrected chi connectivity index (χ2v) is 7.66. The minimum absolute atomic E-state index is 0.131. The molecule has 0 bridgehead atoms. The summed E-state index contributed by atoms with van der Waals surface area (Å²) in [6, 6.07) is 20.3. The smallest absolute Gasteiger partial charge is 0.265 e. The van der Waals surface area contributed by atoms with Crippen molar-refractivity contribution in [3.63, 3.8) is 0 Å². The number of amides is 2. The molecule has 0 aliphatic rings. The zero-order valence-corrected chi connectivity index (χ0v) is 16.7. The maximum Gasteiger partial charge on any atom is 0.265 e. The van der Waals surface area contributed by atoms with Gasteiger partial charge in [-0.3, -0.25) is 9.59 Å². The van der Waals surface area contributed by atoms with E-state index >= 15 is 0 Å². The van der Waals surface area contributed by atoms with Crippen molar-refractivity contribution in [1.82, 2.24) is 10.2 Å². The Morgan fingerprint density at radius 2 is 1.75 bits per heavy atom. The van der Waals surface area contributed by atoms with Crippen LogP contribution in [-0.4, -0.2) is 37.4 Å². The lowest BCUT2D eigenvalue weighted by molar-refractivity contribution is 0.0929. The minimum Gasteiger partial charge on any atom is -0.344 e. The van der Waals surface area contributed by atoms with Gasteiger partial charge in [0, 0.05) is 17.8 Å². The Morgan fingerprint density at radius 3 is 2.43 bits per heavy atom. The number of benzene rings is 2. The zero-order valence-electron chi connectivity index (χ0n) is 15.9. The van der Waals surface area contributed by atoms with E-state index in [-0.39, 0.29) is 17.9 Å². The summed E-state index contributed by atoms with van der Waals surface area (Å²) in [6.07, 6.45) is 0. The van der Waals surface area contributed by atoms with E-state index in [1.54, 1.807) is 30.3 Å². The topological polar surface area (TPSA) is 61.4 Å². The number of nitrogens with zero attached hydrogens (tertiary/aromatic N) is 1. The highest BCUT2D eigenvalue weighted by molar-refractivity contribution is 7.12. The fourth-order valence-electron chi connectivity index (χ4n) is 2.87. The Morgan fingerprint density at radius 1 is 0.964 bits per heavy atom. The van der Waals surface area contributed by atoms with Gasteiger partial charge in [-0.05, 0) is 49.3 Å². The number of carbonyl (C=O) groups excluding carboxylic acids is 2. The average molecular weight is 394 g/mol. The van der Waals surface area contributed by atoms with E-state index in [1.807, 2.05) is 60.8 Å². The Balaban J connectivity index is 1.73. The summed E-state index contributed by atoms with van der Waals surface area (Å²) >= 11 is 1.38. The normalized spacial score (nSPS) is 11.8. The second kappa shape index (κ2) is 9.30. The Bertz CT molecular complexity index is 924. The number of rotatable bonds is 7. The summed E-state index contributed by atoms with van der Waals surface area (Å²) < 4.78 is 0. The lowest BCUT2D eigenvalue weighted by Gasteiger charge is -2.23. The van der Waals surface area contributed by atoms with Crippen LogP contribution < -0.4 is 10.6 Å². The van der Waals surface area contributed by atoms with Gasteiger partial charge >= 0.3 is 0 Å². The highest BCUT2D eigenvalue weighted by Crippen LogP contribution is 2.17. The summed E-state index contributed by atoms with van der Waals surface area (Å²) in [6.45, 7) is 0.685. The van der Waals surface area contributed by atoms with Crippen molar-refractivity contribution in [3.8, 4) is 0 Å². The third-order valence-corrected chi connectivity index (χ3v) is 5.05. The van der Waals surface area contributed by atoms with E-state index < -0.39 is 0 Å². The van der Waals surface area contributed by atoms with Crippen LogP contribution in [0.15, 0.2) is 72.1 Å². The minimum atomic E-state index is -0.178. The molecular weight excluding hydrogens is 370 g/mol. The number of thiophene rings is 1. The van der Waals surface area contributed by atoms with E-state index in [0.29, 0.717) is 22.7 Å². The predicted octanol–water partition coefficient (Wildman–Crippen LogP) is 4.03. The highest BCUT2D eigenvalue weighted by Gasteiger charge is 2.17. The summed E-state index contributed by atoms with van der Waals surface area (Å²) in [5, 5.41) is 7.79. The number of nitrogens with one attached hydrogen (secondary N) is 2. The van der Waals surface area contributed by atoms with E-state index in [2.05, 4.69) is 10.6 Å². The Hall–Kier alpha value is -2.96. The highest BCUT2D eigenvalue weighted by atomic mass is 32.1. The molecule has 0 saturated carbocycles. The molecule has 0 unspecified atom stereocenters. The summed E-state index contributed by atoms with van der Waals surface area (Å²) in [5.74, 6) is -0.356. The van der Waals surface area contributed by atoms with Crippen LogP contribution in [0, 0.1) is 0 Å². The van der Waals surface area contributed by atoms with Crippen LogP contribution >= 0.6 is 11.3 Å². The number of hydrogen-bond donors (Lipinski definition) is 2. The standard InChI is InChI=1S/C22H23N3O2S/c1-25(2)15-19(16-8-4-3-5-9-16)24-21(26)17-10-6-11-18(14-17)23-22(27)20-12-7-13-28-20/h3-14,19H,15H2,1-2H3,(H,23,27)(H,24,26)/t19-/m1/s1. The molecule has 1 aromatic heterocycles. The zero-order chi connectivity index (χ0) is 19.9. The summed E-state index contributed by atoms with van der Waals surface area (Å²) in [5.41, 5.74) is 2.14. The monoisotopic (exact) mass is 393 g/mol. The molecule has 3 rings (SSSR count). The number of likely N-dealkylation sites (N-methyl/N-ethyl adjacent to an activating group) is 1. The molecular formula is C22H23N3O2S. The van der Waals surface area contributed by atoms with Gasteiger partial charge in [0.1, 0.15) is 0 Å². The van der Waals surface area contributed by atoms with E-state index in [9.17, 15) is 9.59 Å². The van der Waals surface area contributed by atoms with Crippen LogP contribution in [0.3, 0.4) is 0 Å². The fourth-order valence-corrected chi connectivity index (χ4v) is 3.48. The molecule has 5 nitrogen and oxygen atoms in total. The molecule has 1 heterocycles. The molecule has 3 aromatic rings. The van der Waals surface area contributed by atoms with Gasteiger partial charge in [-0.1, -0.05) is 42.5 Å². The first kappa shape index (κ1) is 19.8. The molecule has 0 fully saturated rings. The van der Waals surface area contributed by atoms with Gasteiger partial charge in [-0.2, -0.15) is 0 Å². The molecule has 2 aromatic carbocycles. The summed E-state index contributed by atoms with van der Waals surface area (Å²) in [7, 11) is 3.95. The molecule has 0 spiro atoms. The molecule has 144 valence electrons. The Labute approximate surface area is 169 Å². The first-order valence-corrected chi connectivity index (χ1v) is 9.86. The van der Waals surface area contributed by atoms with Gasteiger partial charge in [0.15, 0.2) is 0 Å². The Kier molecular flexibility index (Phi) is 6.57. The lowest BCUT2D eigenvalue weighted by Crippen LogP contribution is -2.35. The molecule has 1 atom stereocenters. The molecule has 2 amide bonds. The molecule has 0 aliphatic heterocycles. The van der Waals surface area contributed by atoms with Gasteiger partial charge in [0.05, 0.1) is 10.9 Å². The third kappa shape index (κ3) is 5.28. The van der Waals surface area contributed by atoms with Crippen LogP contribution in [-0.2, 0) is 0 Å². The van der Waals surface area contributed by atoms with Crippen molar-refractivity contribution in [2.45, 2.75) is 6.04 Å². The van der Waals surface area contributed by atoms with Gasteiger partial charge in [0.2, 0.25) is 0 Å². The van der Waals surface area contributed by atoms with Crippen LogP contribution in [0.1, 0.15) is 31.6 Å². The van der Waals surface area contributed by atoms with Crippen LogP contribution in [0.25, 0.3) is 0 Å². The molecule has 0 aliphatic carbocycles. The maximum absolute atomic E-state index is 12.8. The van der Waals surface area contributed by atoms with E-state index in [1.165, 1.54) is 11.3 Å². The molecule has 0 radical (unpaired) electrons. The van der Waals surface area contributed by atoms with Crippen molar-refractivity contribution in [1.29, 1.82) is 0 Å². The van der Waals surface area contributed by atoms with Crippen molar-refractivity contribution >= 4 is 28.8 Å². The quantitative estimate of drug-likeness (QED) is 0.637. The van der Waals surface area contributed by atoms with E-state index in [4.69, 9.17) is 0 Å². The largest absolute Gasteiger partial charge is 0.344 e. The van der Waals surface area contributed by atoms with Crippen molar-refractivity contribution in [2.24, 2.45) is 0 Å². The van der Waals surface area contributed by atoms with E-state index in [0.717, 1.165) is 5.56 Å². The molecule has 6 heteroatoms. The predicted molar refractivity (Wildman–Crippen MR) is 114 cm³/mol. The molecule has 2 N–H and O–H groups in total. The lowest BCUT2D eigenvalue weighted by atomic mass is 10.1. The van der Waals surface area contributed by atoms with Gasteiger partial charge in [-0.15, -0.1) is 11.3 Å². The maximum atomic E-state index is 12.8. The van der Waals surface area contributed by atoms with Crippen LogP contribution in [0.4, 0.5) is 5.69 Å². The summed E-state index contributed by atoms with van der Waals surface area (Å²) in [4.78, 5) is 27.7.